The minimum Gasteiger partial charge on any atom is -0.508 e. The first-order chi connectivity index (χ1) is 15.0. The van der Waals surface area contributed by atoms with Crippen LogP contribution >= 0.6 is 0 Å². The summed E-state index contributed by atoms with van der Waals surface area (Å²) in [7, 11) is 0. The number of carbonyl (C=O) groups is 1. The lowest BCUT2D eigenvalue weighted by Crippen LogP contribution is -2.11. The average Bonchev–Trinajstić information content (AvgIpc) is 3.10. The van der Waals surface area contributed by atoms with Crippen LogP contribution in [0, 0.1) is 6.92 Å². The Morgan fingerprint density at radius 2 is 1.97 bits per heavy atom. The van der Waals surface area contributed by atoms with E-state index in [2.05, 4.69) is 12.1 Å². The molecular formula is C26H24O5. The van der Waals surface area contributed by atoms with Crippen LogP contribution in [0.3, 0.4) is 0 Å². The van der Waals surface area contributed by atoms with E-state index < -0.39 is 5.97 Å². The quantitative estimate of drug-likeness (QED) is 0.592. The van der Waals surface area contributed by atoms with E-state index in [0.29, 0.717) is 30.5 Å². The number of fused-ring (bicyclic) bond motifs is 2. The molecule has 0 aromatic heterocycles. The Kier molecular flexibility index (Phi) is 4.81. The van der Waals surface area contributed by atoms with Crippen molar-refractivity contribution in [2.45, 2.75) is 38.7 Å². The van der Waals surface area contributed by atoms with Crippen molar-refractivity contribution in [2.24, 2.45) is 0 Å². The standard InChI is InChI=1S/C26H24O5/c1-15-9-23(27)21-7-8-22(21)26(15)17-4-2-3-16(10-17)13-30-19-5-6-20-18(11-25(28)29)14-31-24(20)12-19/h2-6,9-10,12,18,27H,7-8,11,13-14H2,1H3,(H,28,29). The van der Waals surface area contributed by atoms with Gasteiger partial charge in [0.2, 0.25) is 0 Å². The number of hydrogen-bond acceptors (Lipinski definition) is 4. The lowest BCUT2D eigenvalue weighted by molar-refractivity contribution is -0.137. The van der Waals surface area contributed by atoms with Crippen LogP contribution in [0.15, 0.2) is 48.5 Å². The van der Waals surface area contributed by atoms with Crippen LogP contribution in [0.25, 0.3) is 11.1 Å². The molecule has 5 rings (SSSR count). The van der Waals surface area contributed by atoms with Crippen LogP contribution < -0.4 is 9.47 Å². The SMILES string of the molecule is Cc1cc(O)c2c(c1-c1cccc(COc3ccc4c(c3)OCC4CC(=O)O)c1)CC2. The van der Waals surface area contributed by atoms with E-state index in [4.69, 9.17) is 14.6 Å². The molecule has 0 bridgehead atoms. The van der Waals surface area contributed by atoms with Crippen LogP contribution in [0.1, 0.15) is 40.2 Å². The summed E-state index contributed by atoms with van der Waals surface area (Å²) >= 11 is 0. The van der Waals surface area contributed by atoms with Crippen molar-refractivity contribution in [2.75, 3.05) is 6.61 Å². The van der Waals surface area contributed by atoms with E-state index in [9.17, 15) is 9.90 Å². The third-order valence-electron chi connectivity index (χ3n) is 6.25. The van der Waals surface area contributed by atoms with Crippen molar-refractivity contribution in [3.8, 4) is 28.4 Å². The summed E-state index contributed by atoms with van der Waals surface area (Å²) in [4.78, 5) is 11.0. The van der Waals surface area contributed by atoms with Crippen molar-refractivity contribution in [3.05, 3.63) is 76.3 Å². The summed E-state index contributed by atoms with van der Waals surface area (Å²) < 4.78 is 11.7. The summed E-state index contributed by atoms with van der Waals surface area (Å²) in [5, 5.41) is 19.2. The monoisotopic (exact) mass is 416 g/mol. The first kappa shape index (κ1) is 19.5. The number of ether oxygens (including phenoxy) is 2. The van der Waals surface area contributed by atoms with E-state index >= 15 is 0 Å². The van der Waals surface area contributed by atoms with Crippen molar-refractivity contribution in [3.63, 3.8) is 0 Å². The molecule has 3 aromatic rings. The summed E-state index contributed by atoms with van der Waals surface area (Å²) in [6, 6.07) is 15.8. The maximum absolute atomic E-state index is 11.0. The third kappa shape index (κ3) is 3.61. The highest BCUT2D eigenvalue weighted by atomic mass is 16.5. The molecule has 1 aliphatic carbocycles. The molecule has 1 aliphatic heterocycles. The largest absolute Gasteiger partial charge is 0.508 e. The molecule has 158 valence electrons. The maximum Gasteiger partial charge on any atom is 0.304 e. The summed E-state index contributed by atoms with van der Waals surface area (Å²) in [5.74, 6) is 0.887. The molecule has 0 fully saturated rings. The van der Waals surface area contributed by atoms with Crippen molar-refractivity contribution >= 4 is 5.97 Å². The van der Waals surface area contributed by atoms with Gasteiger partial charge in [-0.25, -0.2) is 0 Å². The van der Waals surface area contributed by atoms with Gasteiger partial charge in [-0.1, -0.05) is 24.3 Å². The van der Waals surface area contributed by atoms with Crippen LogP contribution in [0.5, 0.6) is 17.2 Å². The predicted octanol–water partition coefficient (Wildman–Crippen LogP) is 5.00. The van der Waals surface area contributed by atoms with Gasteiger partial charge < -0.3 is 19.7 Å². The fourth-order valence-electron chi connectivity index (χ4n) is 4.65. The van der Waals surface area contributed by atoms with Crippen LogP contribution in [0.2, 0.25) is 0 Å². The molecule has 2 N–H and O–H groups in total. The number of aliphatic carboxylic acids is 1. The number of aryl methyl sites for hydroxylation is 1. The van der Waals surface area contributed by atoms with Crippen LogP contribution in [-0.4, -0.2) is 22.8 Å². The Morgan fingerprint density at radius 1 is 1.13 bits per heavy atom. The highest BCUT2D eigenvalue weighted by Gasteiger charge is 2.27. The number of rotatable bonds is 6. The summed E-state index contributed by atoms with van der Waals surface area (Å²) in [5.41, 5.74) is 7.75. The summed E-state index contributed by atoms with van der Waals surface area (Å²) in [6.07, 6.45) is 2.00. The normalized spacial score (nSPS) is 16.1. The van der Waals surface area contributed by atoms with Gasteiger partial charge in [-0.2, -0.15) is 0 Å². The number of aromatic hydroxyl groups is 1. The molecule has 3 aromatic carbocycles. The second-order valence-corrected chi connectivity index (χ2v) is 8.34. The minimum absolute atomic E-state index is 0.0698. The minimum atomic E-state index is -0.819. The smallest absolute Gasteiger partial charge is 0.304 e. The fourth-order valence-corrected chi connectivity index (χ4v) is 4.65. The molecule has 1 heterocycles. The van der Waals surface area contributed by atoms with Gasteiger partial charge in [0, 0.05) is 17.5 Å². The Balaban J connectivity index is 1.33. The molecule has 2 aliphatic rings. The Labute approximate surface area is 180 Å². The molecular weight excluding hydrogens is 392 g/mol. The number of benzene rings is 3. The Hall–Kier alpha value is -3.47. The summed E-state index contributed by atoms with van der Waals surface area (Å²) in [6.45, 7) is 2.85. The van der Waals surface area contributed by atoms with Crippen LogP contribution in [-0.2, 0) is 24.2 Å². The van der Waals surface area contributed by atoms with Crippen molar-refractivity contribution < 1.29 is 24.5 Å². The van der Waals surface area contributed by atoms with E-state index in [1.54, 1.807) is 0 Å². The molecule has 1 atom stereocenters. The number of hydrogen-bond donors (Lipinski definition) is 2. The number of phenols is 1. The highest BCUT2D eigenvalue weighted by molar-refractivity contribution is 5.76. The number of phenolic OH excluding ortho intramolecular Hbond substituents is 1. The van der Waals surface area contributed by atoms with Gasteiger partial charge in [0.1, 0.15) is 23.9 Å². The van der Waals surface area contributed by atoms with E-state index in [1.165, 1.54) is 11.1 Å². The number of carboxylic acid groups (broad SMARTS) is 1. The van der Waals surface area contributed by atoms with E-state index in [-0.39, 0.29) is 12.3 Å². The van der Waals surface area contributed by atoms with Crippen LogP contribution in [0.4, 0.5) is 0 Å². The zero-order valence-corrected chi connectivity index (χ0v) is 17.4. The average molecular weight is 416 g/mol. The number of carboxylic acids is 1. The third-order valence-corrected chi connectivity index (χ3v) is 6.25. The fraction of sp³-hybridized carbons (Fsp3) is 0.269. The maximum atomic E-state index is 11.0. The second-order valence-electron chi connectivity index (χ2n) is 8.34. The molecule has 0 amide bonds. The molecule has 31 heavy (non-hydrogen) atoms. The molecule has 5 nitrogen and oxygen atoms in total. The van der Waals surface area contributed by atoms with Gasteiger partial charge in [0.25, 0.3) is 0 Å². The molecule has 5 heteroatoms. The van der Waals surface area contributed by atoms with Gasteiger partial charge in [0.05, 0.1) is 13.0 Å². The first-order valence-electron chi connectivity index (χ1n) is 10.5. The zero-order valence-electron chi connectivity index (χ0n) is 17.4. The molecule has 0 saturated heterocycles. The molecule has 0 saturated carbocycles. The first-order valence-corrected chi connectivity index (χ1v) is 10.5. The van der Waals surface area contributed by atoms with Gasteiger partial charge >= 0.3 is 5.97 Å². The van der Waals surface area contributed by atoms with E-state index in [0.717, 1.165) is 40.7 Å². The highest BCUT2D eigenvalue weighted by Crippen LogP contribution is 2.42. The van der Waals surface area contributed by atoms with Crippen molar-refractivity contribution in [1.82, 2.24) is 0 Å². The Bertz CT molecular complexity index is 1180. The topological polar surface area (TPSA) is 76.0 Å². The molecule has 0 spiro atoms. The zero-order chi connectivity index (χ0) is 21.5. The van der Waals surface area contributed by atoms with Crippen molar-refractivity contribution in [1.29, 1.82) is 0 Å². The Morgan fingerprint density at radius 3 is 2.74 bits per heavy atom. The molecule has 1 unspecified atom stereocenters. The second kappa shape index (κ2) is 7.65. The predicted molar refractivity (Wildman–Crippen MR) is 117 cm³/mol. The van der Waals surface area contributed by atoms with Gasteiger partial charge in [0.15, 0.2) is 0 Å². The lowest BCUT2D eigenvalue weighted by atomic mass is 9.79. The lowest BCUT2D eigenvalue weighted by Gasteiger charge is -2.26. The van der Waals surface area contributed by atoms with Gasteiger partial charge in [-0.05, 0) is 71.3 Å². The van der Waals surface area contributed by atoms with E-state index in [1.807, 2.05) is 43.3 Å². The molecule has 0 radical (unpaired) electrons. The van der Waals surface area contributed by atoms with Gasteiger partial charge in [-0.3, -0.25) is 4.79 Å². The van der Waals surface area contributed by atoms with Gasteiger partial charge in [-0.15, -0.1) is 0 Å².